The van der Waals surface area contributed by atoms with Gasteiger partial charge < -0.3 is 15.5 Å². The molecule has 6 nitrogen and oxygen atoms in total. The van der Waals surface area contributed by atoms with Crippen molar-refractivity contribution in [2.45, 2.75) is 39.2 Å². The Balaban J connectivity index is 1.52. The summed E-state index contributed by atoms with van der Waals surface area (Å²) < 4.78 is 0. The summed E-state index contributed by atoms with van der Waals surface area (Å²) in [6.45, 7) is 5.82. The summed E-state index contributed by atoms with van der Waals surface area (Å²) in [4.78, 5) is 31.0. The molecule has 27 heavy (non-hydrogen) atoms. The lowest BCUT2D eigenvalue weighted by molar-refractivity contribution is -0.116. The minimum Gasteiger partial charge on any atom is -0.371 e. The molecule has 0 aliphatic carbocycles. The Morgan fingerprint density at radius 2 is 1.96 bits per heavy atom. The number of aryl methyl sites for hydroxylation is 1. The zero-order valence-electron chi connectivity index (χ0n) is 15.9. The van der Waals surface area contributed by atoms with Crippen molar-refractivity contribution in [2.24, 2.45) is 0 Å². The highest BCUT2D eigenvalue weighted by Crippen LogP contribution is 2.23. The molecule has 1 unspecified atom stereocenters. The molecule has 1 atom stereocenters. The Bertz CT molecular complexity index is 798. The summed E-state index contributed by atoms with van der Waals surface area (Å²) in [5.41, 5.74) is 3.27. The predicted octanol–water partition coefficient (Wildman–Crippen LogP) is 3.14. The zero-order valence-corrected chi connectivity index (χ0v) is 15.9. The molecule has 2 heterocycles. The van der Waals surface area contributed by atoms with Gasteiger partial charge in [-0.3, -0.25) is 14.6 Å². The lowest BCUT2D eigenvalue weighted by atomic mass is 10.2. The largest absolute Gasteiger partial charge is 0.371 e. The molecule has 1 aromatic heterocycles. The number of hydrogen-bond acceptors (Lipinski definition) is 4. The number of pyridine rings is 1. The quantitative estimate of drug-likeness (QED) is 0.824. The van der Waals surface area contributed by atoms with Crippen molar-refractivity contribution in [3.05, 3.63) is 53.9 Å². The van der Waals surface area contributed by atoms with E-state index in [0.29, 0.717) is 5.56 Å². The van der Waals surface area contributed by atoms with Gasteiger partial charge in [0.1, 0.15) is 0 Å². The third-order valence-corrected chi connectivity index (χ3v) is 4.64. The fourth-order valence-electron chi connectivity index (χ4n) is 3.21. The van der Waals surface area contributed by atoms with Crippen LogP contribution in [0.5, 0.6) is 0 Å². The van der Waals surface area contributed by atoms with Gasteiger partial charge in [-0.15, -0.1) is 0 Å². The maximum atomic E-state index is 12.3. The van der Waals surface area contributed by atoms with Crippen molar-refractivity contribution in [1.29, 1.82) is 0 Å². The van der Waals surface area contributed by atoms with Gasteiger partial charge in [0.05, 0.1) is 5.56 Å². The second-order valence-corrected chi connectivity index (χ2v) is 7.06. The van der Waals surface area contributed by atoms with Crippen molar-refractivity contribution >= 4 is 23.2 Å². The smallest absolute Gasteiger partial charge is 0.253 e. The van der Waals surface area contributed by atoms with Gasteiger partial charge in [0.2, 0.25) is 5.91 Å². The van der Waals surface area contributed by atoms with Gasteiger partial charge in [-0.05, 0) is 57.0 Å². The van der Waals surface area contributed by atoms with Crippen molar-refractivity contribution in [3.63, 3.8) is 0 Å². The molecule has 1 aromatic carbocycles. The van der Waals surface area contributed by atoms with E-state index in [4.69, 9.17) is 0 Å². The van der Waals surface area contributed by atoms with Crippen molar-refractivity contribution in [2.75, 3.05) is 23.3 Å². The second-order valence-electron chi connectivity index (χ2n) is 7.06. The topological polar surface area (TPSA) is 74.3 Å². The molecule has 0 bridgehead atoms. The van der Waals surface area contributed by atoms with Gasteiger partial charge in [0, 0.05) is 48.8 Å². The first-order valence-electron chi connectivity index (χ1n) is 9.39. The van der Waals surface area contributed by atoms with Crippen LogP contribution in [0.2, 0.25) is 0 Å². The highest BCUT2D eigenvalue weighted by Gasteiger charge is 2.15. The first-order valence-corrected chi connectivity index (χ1v) is 9.39. The van der Waals surface area contributed by atoms with Crippen LogP contribution in [0.4, 0.5) is 11.4 Å². The van der Waals surface area contributed by atoms with Gasteiger partial charge in [-0.2, -0.15) is 0 Å². The van der Waals surface area contributed by atoms with Crippen LogP contribution in [0.15, 0.2) is 42.6 Å². The lowest BCUT2D eigenvalue weighted by Crippen LogP contribution is -2.35. The molecule has 3 rings (SSSR count). The molecule has 2 N–H and O–H groups in total. The van der Waals surface area contributed by atoms with Crippen molar-refractivity contribution in [1.82, 2.24) is 10.3 Å². The SMILES string of the molecule is Cc1ccc(C(=O)NC(C)CC(=O)Nc2cccc(N3CCCC3)c2)cn1. The van der Waals surface area contributed by atoms with E-state index < -0.39 is 0 Å². The minimum absolute atomic E-state index is 0.122. The monoisotopic (exact) mass is 366 g/mol. The number of rotatable bonds is 6. The molecule has 0 spiro atoms. The molecular formula is C21H26N4O2. The standard InChI is InChI=1S/C21H26N4O2/c1-15-8-9-17(14-22-15)21(27)23-16(2)12-20(26)24-18-6-5-7-19(13-18)25-10-3-4-11-25/h5-9,13-14,16H,3-4,10-12H2,1-2H3,(H,23,27)(H,24,26). The predicted molar refractivity (Wildman–Crippen MR) is 107 cm³/mol. The van der Waals surface area contributed by atoms with Crippen LogP contribution in [-0.2, 0) is 4.79 Å². The van der Waals surface area contributed by atoms with Gasteiger partial charge in [-0.25, -0.2) is 0 Å². The van der Waals surface area contributed by atoms with E-state index in [1.54, 1.807) is 18.3 Å². The van der Waals surface area contributed by atoms with E-state index in [2.05, 4.69) is 26.6 Å². The Morgan fingerprint density at radius 1 is 1.19 bits per heavy atom. The van der Waals surface area contributed by atoms with E-state index >= 15 is 0 Å². The number of carbonyl (C=O) groups excluding carboxylic acids is 2. The molecule has 2 amide bonds. The number of carbonyl (C=O) groups is 2. The summed E-state index contributed by atoms with van der Waals surface area (Å²) in [7, 11) is 0. The summed E-state index contributed by atoms with van der Waals surface area (Å²) in [6.07, 6.45) is 4.18. The number of hydrogen-bond donors (Lipinski definition) is 2. The second kappa shape index (κ2) is 8.66. The average molecular weight is 366 g/mol. The van der Waals surface area contributed by atoms with Crippen LogP contribution in [0.3, 0.4) is 0 Å². The lowest BCUT2D eigenvalue weighted by Gasteiger charge is -2.19. The molecule has 6 heteroatoms. The van der Waals surface area contributed by atoms with E-state index in [9.17, 15) is 9.59 Å². The zero-order chi connectivity index (χ0) is 19.2. The molecule has 142 valence electrons. The Morgan fingerprint density at radius 3 is 2.67 bits per heavy atom. The number of aromatic nitrogens is 1. The Kier molecular flexibility index (Phi) is 6.06. The van der Waals surface area contributed by atoms with Crippen LogP contribution in [0.25, 0.3) is 0 Å². The first kappa shape index (κ1) is 18.9. The average Bonchev–Trinajstić information content (AvgIpc) is 3.17. The van der Waals surface area contributed by atoms with Gasteiger partial charge in [0.25, 0.3) is 5.91 Å². The van der Waals surface area contributed by atoms with E-state index in [1.807, 2.05) is 32.0 Å². The van der Waals surface area contributed by atoms with Gasteiger partial charge in [-0.1, -0.05) is 6.07 Å². The summed E-state index contributed by atoms with van der Waals surface area (Å²) >= 11 is 0. The number of nitrogens with zero attached hydrogens (tertiary/aromatic N) is 2. The summed E-state index contributed by atoms with van der Waals surface area (Å²) in [5.74, 6) is -0.345. The van der Waals surface area contributed by atoms with E-state index in [-0.39, 0.29) is 24.3 Å². The van der Waals surface area contributed by atoms with Crippen LogP contribution in [-0.4, -0.2) is 35.9 Å². The molecular weight excluding hydrogens is 340 g/mol. The van der Waals surface area contributed by atoms with E-state index in [0.717, 1.165) is 30.2 Å². The highest BCUT2D eigenvalue weighted by molar-refractivity contribution is 5.95. The molecule has 1 saturated heterocycles. The molecule has 0 radical (unpaired) electrons. The van der Waals surface area contributed by atoms with Crippen LogP contribution in [0, 0.1) is 6.92 Å². The molecule has 1 fully saturated rings. The highest BCUT2D eigenvalue weighted by atomic mass is 16.2. The maximum absolute atomic E-state index is 12.3. The third-order valence-electron chi connectivity index (χ3n) is 4.64. The summed E-state index contributed by atoms with van der Waals surface area (Å²) in [5, 5.41) is 5.77. The third kappa shape index (κ3) is 5.29. The molecule has 2 aromatic rings. The molecule has 1 aliphatic rings. The Hall–Kier alpha value is -2.89. The molecule has 1 aliphatic heterocycles. The van der Waals surface area contributed by atoms with Crippen molar-refractivity contribution < 1.29 is 9.59 Å². The number of amides is 2. The number of benzene rings is 1. The fourth-order valence-corrected chi connectivity index (χ4v) is 3.21. The normalized spacial score (nSPS) is 14.7. The van der Waals surface area contributed by atoms with E-state index in [1.165, 1.54) is 12.8 Å². The number of nitrogens with one attached hydrogen (secondary N) is 2. The first-order chi connectivity index (χ1) is 13.0. The van der Waals surface area contributed by atoms with Crippen LogP contribution < -0.4 is 15.5 Å². The molecule has 0 saturated carbocycles. The van der Waals surface area contributed by atoms with Gasteiger partial charge >= 0.3 is 0 Å². The van der Waals surface area contributed by atoms with Gasteiger partial charge in [0.15, 0.2) is 0 Å². The van der Waals surface area contributed by atoms with Crippen LogP contribution in [0.1, 0.15) is 42.2 Å². The minimum atomic E-state index is -0.277. The summed E-state index contributed by atoms with van der Waals surface area (Å²) in [6, 6.07) is 11.2. The Labute approximate surface area is 160 Å². The number of anilines is 2. The fraction of sp³-hybridized carbons (Fsp3) is 0.381. The maximum Gasteiger partial charge on any atom is 0.253 e. The van der Waals surface area contributed by atoms with Crippen molar-refractivity contribution in [3.8, 4) is 0 Å². The van der Waals surface area contributed by atoms with Crippen LogP contribution >= 0.6 is 0 Å².